The predicted octanol–water partition coefficient (Wildman–Crippen LogP) is 1.71. The Morgan fingerprint density at radius 3 is 2.63 bits per heavy atom. The number of carbonyl (C=O) groups is 1. The van der Waals surface area contributed by atoms with Crippen molar-refractivity contribution in [1.82, 2.24) is 4.98 Å². The molecule has 0 saturated carbocycles. The maximum absolute atomic E-state index is 12.0. The average molecular weight is 391 g/mol. The number of amides is 1. The summed E-state index contributed by atoms with van der Waals surface area (Å²) in [6, 6.07) is 10.3. The molecular weight excluding hydrogens is 370 g/mol. The summed E-state index contributed by atoms with van der Waals surface area (Å²) in [6.07, 6.45) is 2.14. The molecule has 1 aliphatic rings. The summed E-state index contributed by atoms with van der Waals surface area (Å²) >= 11 is 0. The lowest BCUT2D eigenvalue weighted by Crippen LogP contribution is -2.22. The topological polar surface area (TPSA) is 107 Å². The zero-order chi connectivity index (χ0) is 19.3. The van der Waals surface area contributed by atoms with Crippen LogP contribution in [0.5, 0.6) is 11.5 Å². The molecular formula is C18H21N3O5S. The molecule has 1 atom stereocenters. The van der Waals surface area contributed by atoms with E-state index in [9.17, 15) is 13.2 Å². The molecule has 0 radical (unpaired) electrons. The van der Waals surface area contributed by atoms with Gasteiger partial charge in [0.15, 0.2) is 27.9 Å². The normalized spacial score (nSPS) is 17.9. The van der Waals surface area contributed by atoms with Crippen LogP contribution in [0, 0.1) is 0 Å². The van der Waals surface area contributed by atoms with E-state index in [1.54, 1.807) is 36.5 Å². The second-order valence-corrected chi connectivity index (χ2v) is 8.39. The Labute approximate surface area is 157 Å². The first-order valence-electron chi connectivity index (χ1n) is 8.44. The highest BCUT2D eigenvalue weighted by Crippen LogP contribution is 2.25. The Hall–Kier alpha value is -2.81. The second-order valence-electron chi connectivity index (χ2n) is 6.16. The van der Waals surface area contributed by atoms with E-state index in [1.165, 1.54) is 7.11 Å². The molecule has 3 rings (SSSR count). The third-order valence-electron chi connectivity index (χ3n) is 4.06. The highest BCUT2D eigenvalue weighted by atomic mass is 32.2. The first kappa shape index (κ1) is 19.0. The molecule has 1 fully saturated rings. The number of benzene rings is 1. The zero-order valence-electron chi connectivity index (χ0n) is 14.8. The molecule has 2 N–H and O–H groups in total. The van der Waals surface area contributed by atoms with Gasteiger partial charge in [-0.1, -0.05) is 12.1 Å². The van der Waals surface area contributed by atoms with E-state index >= 15 is 0 Å². The van der Waals surface area contributed by atoms with Gasteiger partial charge in [-0.25, -0.2) is 13.4 Å². The van der Waals surface area contributed by atoms with Crippen molar-refractivity contribution in [2.24, 2.45) is 0 Å². The van der Waals surface area contributed by atoms with Crippen molar-refractivity contribution in [3.05, 3.63) is 42.6 Å². The minimum atomic E-state index is -2.94. The smallest absolute Gasteiger partial charge is 0.263 e. The molecule has 0 bridgehead atoms. The lowest BCUT2D eigenvalue weighted by molar-refractivity contribution is -0.118. The highest BCUT2D eigenvalue weighted by molar-refractivity contribution is 7.91. The number of hydrogen-bond acceptors (Lipinski definition) is 7. The summed E-state index contributed by atoms with van der Waals surface area (Å²) in [7, 11) is -1.41. The van der Waals surface area contributed by atoms with Crippen LogP contribution in [0.1, 0.15) is 6.42 Å². The minimum Gasteiger partial charge on any atom is -0.493 e. The van der Waals surface area contributed by atoms with Gasteiger partial charge in [0.1, 0.15) is 5.82 Å². The molecule has 9 heteroatoms. The van der Waals surface area contributed by atoms with E-state index in [4.69, 9.17) is 9.47 Å². The average Bonchev–Trinajstić information content (AvgIpc) is 3.00. The fourth-order valence-corrected chi connectivity index (χ4v) is 4.43. The van der Waals surface area contributed by atoms with Gasteiger partial charge in [0, 0.05) is 6.04 Å². The van der Waals surface area contributed by atoms with Gasteiger partial charge < -0.3 is 20.1 Å². The minimum absolute atomic E-state index is 0.105. The van der Waals surface area contributed by atoms with Crippen LogP contribution in [0.3, 0.4) is 0 Å². The fourth-order valence-electron chi connectivity index (χ4n) is 2.76. The SMILES string of the molecule is COc1ccccc1OCC(=O)Nc1ccc(NC2CCS(=O)(=O)C2)cn1. The number of anilines is 2. The van der Waals surface area contributed by atoms with Crippen molar-refractivity contribution in [2.75, 3.05) is 35.9 Å². The number of aromatic nitrogens is 1. The van der Waals surface area contributed by atoms with E-state index in [0.717, 1.165) is 0 Å². The van der Waals surface area contributed by atoms with Crippen LogP contribution in [-0.4, -0.2) is 50.6 Å². The quantitative estimate of drug-likeness (QED) is 0.740. The van der Waals surface area contributed by atoms with Crippen LogP contribution in [0.2, 0.25) is 0 Å². The number of pyridine rings is 1. The molecule has 1 unspecified atom stereocenters. The molecule has 2 heterocycles. The van der Waals surface area contributed by atoms with Crippen molar-refractivity contribution in [3.63, 3.8) is 0 Å². The van der Waals surface area contributed by atoms with Crippen LogP contribution in [0.25, 0.3) is 0 Å². The molecule has 8 nitrogen and oxygen atoms in total. The number of rotatable bonds is 7. The molecule has 144 valence electrons. The van der Waals surface area contributed by atoms with E-state index in [1.807, 2.05) is 6.07 Å². The summed E-state index contributed by atoms with van der Waals surface area (Å²) in [5, 5.41) is 5.79. The maximum atomic E-state index is 12.0. The molecule has 2 aromatic rings. The highest BCUT2D eigenvalue weighted by Gasteiger charge is 2.27. The summed E-state index contributed by atoms with van der Waals surface area (Å²) in [5.41, 5.74) is 0.709. The van der Waals surface area contributed by atoms with Gasteiger partial charge in [-0.2, -0.15) is 0 Å². The van der Waals surface area contributed by atoms with Crippen molar-refractivity contribution < 1.29 is 22.7 Å². The van der Waals surface area contributed by atoms with Gasteiger partial charge in [-0.05, 0) is 30.7 Å². The Balaban J connectivity index is 1.50. The molecule has 1 saturated heterocycles. The number of ether oxygens (including phenoxy) is 2. The maximum Gasteiger partial charge on any atom is 0.263 e. The van der Waals surface area contributed by atoms with Gasteiger partial charge in [0.2, 0.25) is 0 Å². The molecule has 1 aromatic heterocycles. The number of nitrogens with one attached hydrogen (secondary N) is 2. The van der Waals surface area contributed by atoms with Crippen LogP contribution in [0.4, 0.5) is 11.5 Å². The van der Waals surface area contributed by atoms with E-state index in [2.05, 4.69) is 15.6 Å². The van der Waals surface area contributed by atoms with Crippen LogP contribution < -0.4 is 20.1 Å². The third-order valence-corrected chi connectivity index (χ3v) is 5.83. The Morgan fingerprint density at radius 2 is 2.00 bits per heavy atom. The van der Waals surface area contributed by atoms with Crippen molar-refractivity contribution in [2.45, 2.75) is 12.5 Å². The summed E-state index contributed by atoms with van der Waals surface area (Å²) in [5.74, 6) is 1.40. The molecule has 1 amide bonds. The van der Waals surface area contributed by atoms with Crippen molar-refractivity contribution in [1.29, 1.82) is 0 Å². The third kappa shape index (κ3) is 5.33. The zero-order valence-corrected chi connectivity index (χ0v) is 15.7. The number of para-hydroxylation sites is 2. The number of nitrogens with zero attached hydrogens (tertiary/aromatic N) is 1. The van der Waals surface area contributed by atoms with Gasteiger partial charge in [0.05, 0.1) is 30.5 Å². The number of hydrogen-bond donors (Lipinski definition) is 2. The Bertz CT molecular complexity index is 899. The molecule has 1 aromatic carbocycles. The summed E-state index contributed by atoms with van der Waals surface area (Å²) in [6.45, 7) is -0.179. The van der Waals surface area contributed by atoms with Crippen LogP contribution >= 0.6 is 0 Å². The molecule has 27 heavy (non-hydrogen) atoms. The molecule has 0 aliphatic carbocycles. The standard InChI is InChI=1S/C18H21N3O5S/c1-25-15-4-2-3-5-16(15)26-11-18(22)21-17-7-6-13(10-19-17)20-14-8-9-27(23,24)12-14/h2-7,10,14,20H,8-9,11-12H2,1H3,(H,19,21,22). The largest absolute Gasteiger partial charge is 0.493 e. The summed E-state index contributed by atoms with van der Waals surface area (Å²) in [4.78, 5) is 16.2. The van der Waals surface area contributed by atoms with E-state index in [0.29, 0.717) is 29.4 Å². The van der Waals surface area contributed by atoms with Gasteiger partial charge in [-0.3, -0.25) is 4.79 Å². The van der Waals surface area contributed by atoms with Gasteiger partial charge >= 0.3 is 0 Å². The van der Waals surface area contributed by atoms with Gasteiger partial charge in [-0.15, -0.1) is 0 Å². The monoisotopic (exact) mass is 391 g/mol. The van der Waals surface area contributed by atoms with Crippen molar-refractivity contribution >= 4 is 27.2 Å². The first-order chi connectivity index (χ1) is 12.9. The number of methoxy groups -OCH3 is 1. The second kappa shape index (κ2) is 8.26. The predicted molar refractivity (Wildman–Crippen MR) is 102 cm³/mol. The lowest BCUT2D eigenvalue weighted by Gasteiger charge is -2.13. The fraction of sp³-hybridized carbons (Fsp3) is 0.333. The first-order valence-corrected chi connectivity index (χ1v) is 10.3. The van der Waals surface area contributed by atoms with Crippen LogP contribution in [-0.2, 0) is 14.6 Å². The Morgan fingerprint density at radius 1 is 1.22 bits per heavy atom. The molecule has 1 aliphatic heterocycles. The van der Waals surface area contributed by atoms with E-state index in [-0.39, 0.29) is 30.1 Å². The van der Waals surface area contributed by atoms with E-state index < -0.39 is 9.84 Å². The number of sulfone groups is 1. The van der Waals surface area contributed by atoms with Crippen LogP contribution in [0.15, 0.2) is 42.6 Å². The van der Waals surface area contributed by atoms with Gasteiger partial charge in [0.25, 0.3) is 5.91 Å². The van der Waals surface area contributed by atoms with Crippen molar-refractivity contribution in [3.8, 4) is 11.5 Å². The lowest BCUT2D eigenvalue weighted by atomic mass is 10.2. The Kier molecular flexibility index (Phi) is 5.80. The summed E-state index contributed by atoms with van der Waals surface area (Å²) < 4.78 is 33.6. The molecule has 0 spiro atoms. The number of carbonyl (C=O) groups excluding carboxylic acids is 1.